The predicted octanol–water partition coefficient (Wildman–Crippen LogP) is 5.21. The van der Waals surface area contributed by atoms with Crippen LogP contribution in [0.2, 0.25) is 5.02 Å². The third-order valence-electron chi connectivity index (χ3n) is 5.18. The van der Waals surface area contributed by atoms with E-state index in [1.54, 1.807) is 30.5 Å². The number of imidazole rings is 1. The lowest BCUT2D eigenvalue weighted by Crippen LogP contribution is -2.36. The van der Waals surface area contributed by atoms with Crippen LogP contribution >= 0.6 is 23.4 Å². The summed E-state index contributed by atoms with van der Waals surface area (Å²) < 4.78 is 1.89. The maximum Gasteiger partial charge on any atom is 0.270 e. The van der Waals surface area contributed by atoms with Gasteiger partial charge < -0.3 is 4.90 Å². The molecule has 2 aromatic carbocycles. The quantitative estimate of drug-likeness (QED) is 0.289. The Morgan fingerprint density at radius 1 is 1.13 bits per heavy atom. The maximum atomic E-state index is 12.6. The molecule has 0 unspecified atom stereocenters. The topological polar surface area (TPSA) is 81.3 Å². The van der Waals surface area contributed by atoms with Crippen LogP contribution in [0.1, 0.15) is 19.3 Å². The van der Waals surface area contributed by atoms with E-state index < -0.39 is 4.92 Å². The summed E-state index contributed by atoms with van der Waals surface area (Å²) >= 11 is 7.58. The summed E-state index contributed by atoms with van der Waals surface area (Å²) in [4.78, 5) is 29.9. The first kappa shape index (κ1) is 21.4. The van der Waals surface area contributed by atoms with Crippen molar-refractivity contribution in [1.82, 2.24) is 14.5 Å². The van der Waals surface area contributed by atoms with Gasteiger partial charge in [0.15, 0.2) is 5.16 Å². The maximum absolute atomic E-state index is 12.6. The summed E-state index contributed by atoms with van der Waals surface area (Å²) in [7, 11) is 0. The van der Waals surface area contributed by atoms with Crippen LogP contribution < -0.4 is 0 Å². The van der Waals surface area contributed by atoms with Crippen molar-refractivity contribution < 1.29 is 9.72 Å². The number of carbonyl (C=O) groups excluding carboxylic acids is 1. The van der Waals surface area contributed by atoms with Crippen LogP contribution in [0.15, 0.2) is 59.9 Å². The smallest absolute Gasteiger partial charge is 0.270 e. The molecule has 0 bridgehead atoms. The Labute approximate surface area is 189 Å². The minimum absolute atomic E-state index is 0.00539. The second kappa shape index (κ2) is 9.53. The van der Waals surface area contributed by atoms with Crippen LogP contribution in [0.25, 0.3) is 16.9 Å². The number of non-ortho nitro benzene ring substituents is 1. The highest BCUT2D eigenvalue weighted by atomic mass is 35.5. The third-order valence-corrected chi connectivity index (χ3v) is 6.35. The molecule has 31 heavy (non-hydrogen) atoms. The lowest BCUT2D eigenvalue weighted by molar-refractivity contribution is -0.384. The molecule has 0 saturated carbocycles. The van der Waals surface area contributed by atoms with Gasteiger partial charge in [0.1, 0.15) is 0 Å². The Kier molecular flexibility index (Phi) is 6.58. The number of hydrogen-bond donors (Lipinski definition) is 0. The molecule has 0 spiro atoms. The van der Waals surface area contributed by atoms with Gasteiger partial charge in [-0.05, 0) is 37.5 Å². The number of carbonyl (C=O) groups is 1. The van der Waals surface area contributed by atoms with Crippen molar-refractivity contribution in [1.29, 1.82) is 0 Å². The summed E-state index contributed by atoms with van der Waals surface area (Å²) in [6.07, 6.45) is 4.94. The number of nitro benzene ring substituents is 1. The summed E-state index contributed by atoms with van der Waals surface area (Å²) in [5, 5.41) is 12.4. The van der Waals surface area contributed by atoms with Crippen LogP contribution in [0.3, 0.4) is 0 Å². The molecule has 0 aliphatic carbocycles. The average molecular weight is 457 g/mol. The number of halogens is 1. The van der Waals surface area contributed by atoms with Gasteiger partial charge in [0.05, 0.1) is 22.6 Å². The summed E-state index contributed by atoms with van der Waals surface area (Å²) in [6, 6.07) is 13.7. The second-order valence-corrected chi connectivity index (χ2v) is 8.66. The largest absolute Gasteiger partial charge is 0.342 e. The molecule has 1 saturated heterocycles. The Hall–Kier alpha value is -2.84. The first-order chi connectivity index (χ1) is 15.0. The van der Waals surface area contributed by atoms with Crippen molar-refractivity contribution in [2.75, 3.05) is 18.8 Å². The third kappa shape index (κ3) is 4.91. The number of hydrogen-bond acceptors (Lipinski definition) is 5. The van der Waals surface area contributed by atoms with Crippen LogP contribution in [0.5, 0.6) is 0 Å². The van der Waals surface area contributed by atoms with E-state index in [0.717, 1.165) is 31.6 Å². The molecular weight excluding hydrogens is 436 g/mol. The highest BCUT2D eigenvalue weighted by Gasteiger charge is 2.20. The number of piperidine rings is 1. The number of benzene rings is 2. The summed E-state index contributed by atoms with van der Waals surface area (Å²) in [5.41, 5.74) is 2.14. The average Bonchev–Trinajstić information content (AvgIpc) is 3.22. The van der Waals surface area contributed by atoms with Crippen LogP contribution in [-0.4, -0.2) is 44.1 Å². The van der Waals surface area contributed by atoms with Gasteiger partial charge in [-0.15, -0.1) is 0 Å². The minimum Gasteiger partial charge on any atom is -0.342 e. The zero-order valence-corrected chi connectivity index (χ0v) is 18.3. The molecule has 2 heterocycles. The Balaban J connectivity index is 1.68. The van der Waals surface area contributed by atoms with E-state index in [9.17, 15) is 14.9 Å². The van der Waals surface area contributed by atoms with E-state index in [4.69, 9.17) is 11.6 Å². The monoisotopic (exact) mass is 456 g/mol. The van der Waals surface area contributed by atoms with E-state index >= 15 is 0 Å². The number of likely N-dealkylation sites (tertiary alicyclic amines) is 1. The molecule has 1 aliphatic heterocycles. The first-order valence-electron chi connectivity index (χ1n) is 10.0. The Morgan fingerprint density at radius 2 is 1.90 bits per heavy atom. The normalized spacial score (nSPS) is 13.9. The Bertz CT molecular complexity index is 1110. The van der Waals surface area contributed by atoms with Crippen molar-refractivity contribution in [2.24, 2.45) is 0 Å². The van der Waals surface area contributed by atoms with Gasteiger partial charge in [0.2, 0.25) is 5.91 Å². The van der Waals surface area contributed by atoms with Crippen molar-refractivity contribution >= 4 is 35.0 Å². The highest BCUT2D eigenvalue weighted by molar-refractivity contribution is 7.99. The number of nitro groups is 1. The van der Waals surface area contributed by atoms with Crippen LogP contribution in [-0.2, 0) is 4.79 Å². The number of nitrogens with zero attached hydrogens (tertiary/aromatic N) is 4. The SMILES string of the molecule is O=C(CSc1ncc(-c2cccc([N+](=O)[O-])c2)n1-c1cccc(Cl)c1)N1CCCCC1. The fraction of sp³-hybridized carbons (Fsp3) is 0.273. The van der Waals surface area contributed by atoms with E-state index in [1.807, 2.05) is 21.6 Å². The number of amides is 1. The van der Waals surface area contributed by atoms with Crippen LogP contribution in [0, 0.1) is 10.1 Å². The molecule has 3 aromatic rings. The Morgan fingerprint density at radius 3 is 2.65 bits per heavy atom. The summed E-state index contributed by atoms with van der Waals surface area (Å²) in [6.45, 7) is 1.61. The molecule has 1 aliphatic rings. The molecule has 9 heteroatoms. The fourth-order valence-electron chi connectivity index (χ4n) is 3.64. The molecule has 0 atom stereocenters. The fourth-order valence-corrected chi connectivity index (χ4v) is 4.72. The zero-order chi connectivity index (χ0) is 21.8. The van der Waals surface area contributed by atoms with E-state index in [-0.39, 0.29) is 17.3 Å². The molecule has 1 aromatic heterocycles. The number of rotatable bonds is 6. The van der Waals surface area contributed by atoms with Gasteiger partial charge in [0, 0.05) is 41.5 Å². The van der Waals surface area contributed by atoms with Gasteiger partial charge in [-0.1, -0.05) is 41.6 Å². The van der Waals surface area contributed by atoms with Crippen molar-refractivity contribution in [2.45, 2.75) is 24.4 Å². The van der Waals surface area contributed by atoms with Gasteiger partial charge in [-0.3, -0.25) is 19.5 Å². The molecule has 0 radical (unpaired) electrons. The molecule has 0 N–H and O–H groups in total. The molecule has 7 nitrogen and oxygen atoms in total. The van der Waals surface area contributed by atoms with Gasteiger partial charge in [-0.25, -0.2) is 4.98 Å². The first-order valence-corrected chi connectivity index (χ1v) is 11.4. The second-order valence-electron chi connectivity index (χ2n) is 7.28. The van der Waals surface area contributed by atoms with Gasteiger partial charge >= 0.3 is 0 Å². The van der Waals surface area contributed by atoms with Crippen molar-refractivity contribution in [3.8, 4) is 16.9 Å². The number of thioether (sulfide) groups is 1. The predicted molar refractivity (Wildman–Crippen MR) is 122 cm³/mol. The van der Waals surface area contributed by atoms with E-state index in [2.05, 4.69) is 4.98 Å². The molecule has 160 valence electrons. The van der Waals surface area contributed by atoms with Crippen molar-refractivity contribution in [3.05, 3.63) is 69.9 Å². The molecule has 1 fully saturated rings. The highest BCUT2D eigenvalue weighted by Crippen LogP contribution is 2.32. The van der Waals surface area contributed by atoms with Gasteiger partial charge in [-0.2, -0.15) is 0 Å². The lowest BCUT2D eigenvalue weighted by Gasteiger charge is -2.26. The zero-order valence-electron chi connectivity index (χ0n) is 16.7. The van der Waals surface area contributed by atoms with Crippen LogP contribution in [0.4, 0.5) is 5.69 Å². The van der Waals surface area contributed by atoms with Crippen molar-refractivity contribution in [3.63, 3.8) is 0 Å². The summed E-state index contributed by atoms with van der Waals surface area (Å²) in [5.74, 6) is 0.383. The molecule has 4 rings (SSSR count). The van der Waals surface area contributed by atoms with Gasteiger partial charge in [0.25, 0.3) is 5.69 Å². The van der Waals surface area contributed by atoms with E-state index in [1.165, 1.54) is 30.3 Å². The standard InChI is InChI=1S/C22H21ClN4O3S/c23-17-7-5-8-18(13-17)26-20(16-6-4-9-19(12-16)27(29)30)14-24-22(26)31-15-21(28)25-10-2-1-3-11-25/h4-9,12-14H,1-3,10-11,15H2. The van der Waals surface area contributed by atoms with E-state index in [0.29, 0.717) is 21.4 Å². The molecular formula is C22H21ClN4O3S. The minimum atomic E-state index is -0.420. The number of aromatic nitrogens is 2. The molecule has 1 amide bonds. The lowest BCUT2D eigenvalue weighted by atomic mass is 10.1.